The van der Waals surface area contributed by atoms with Gasteiger partial charge in [-0.25, -0.2) is 0 Å². The van der Waals surface area contributed by atoms with Crippen LogP contribution in [-0.4, -0.2) is 18.1 Å². The van der Waals surface area contributed by atoms with Gasteiger partial charge in [-0.15, -0.1) is 0 Å². The number of nitrogens with two attached hydrogens (primary N) is 1. The van der Waals surface area contributed by atoms with E-state index < -0.39 is 5.91 Å². The van der Waals surface area contributed by atoms with Gasteiger partial charge in [-0.05, 0) is 23.8 Å². The van der Waals surface area contributed by atoms with Gasteiger partial charge in [0.05, 0.1) is 13.7 Å². The van der Waals surface area contributed by atoms with E-state index in [0.29, 0.717) is 22.6 Å². The third kappa shape index (κ3) is 3.52. The van der Waals surface area contributed by atoms with Crippen molar-refractivity contribution in [3.63, 3.8) is 0 Å². The van der Waals surface area contributed by atoms with Crippen LogP contribution in [0.3, 0.4) is 0 Å². The van der Waals surface area contributed by atoms with Gasteiger partial charge in [0, 0.05) is 11.1 Å². The number of aliphatic hydroxyl groups excluding tert-OH is 1. The van der Waals surface area contributed by atoms with Crippen molar-refractivity contribution in [2.45, 2.75) is 13.2 Å². The van der Waals surface area contributed by atoms with Gasteiger partial charge in [-0.3, -0.25) is 4.79 Å². The molecule has 2 rings (SSSR count). The van der Waals surface area contributed by atoms with Crippen molar-refractivity contribution >= 4 is 5.91 Å². The van der Waals surface area contributed by atoms with Gasteiger partial charge in [0.25, 0.3) is 0 Å². The molecule has 0 aliphatic carbocycles. The lowest BCUT2D eigenvalue weighted by molar-refractivity contribution is 0.0998. The second-order valence-electron chi connectivity index (χ2n) is 4.45. The van der Waals surface area contributed by atoms with Crippen LogP contribution < -0.4 is 15.2 Å². The lowest BCUT2D eigenvalue weighted by atomic mass is 10.1. The maximum Gasteiger partial charge on any atom is 0.249 e. The average Bonchev–Trinajstić information content (AvgIpc) is 2.52. The molecule has 3 N–H and O–H groups in total. The van der Waals surface area contributed by atoms with Crippen LogP contribution in [0.1, 0.15) is 21.5 Å². The number of hydrogen-bond acceptors (Lipinski definition) is 4. The maximum absolute atomic E-state index is 11.4. The minimum Gasteiger partial charge on any atom is -0.493 e. The Morgan fingerprint density at radius 1 is 1.19 bits per heavy atom. The number of rotatable bonds is 6. The molecule has 110 valence electrons. The van der Waals surface area contributed by atoms with Crippen molar-refractivity contribution in [1.29, 1.82) is 0 Å². The SMILES string of the molecule is COc1cc(CO)ccc1OCc1ccccc1C(N)=O. The van der Waals surface area contributed by atoms with Crippen LogP contribution in [0, 0.1) is 0 Å². The Morgan fingerprint density at radius 2 is 1.95 bits per heavy atom. The van der Waals surface area contributed by atoms with Crippen LogP contribution in [0.2, 0.25) is 0 Å². The predicted molar refractivity (Wildman–Crippen MR) is 78.2 cm³/mol. The molecule has 21 heavy (non-hydrogen) atoms. The van der Waals surface area contributed by atoms with Crippen molar-refractivity contribution in [2.75, 3.05) is 7.11 Å². The number of benzene rings is 2. The molecular weight excluding hydrogens is 270 g/mol. The number of carbonyl (C=O) groups excluding carboxylic acids is 1. The zero-order chi connectivity index (χ0) is 15.2. The summed E-state index contributed by atoms with van der Waals surface area (Å²) in [6.45, 7) is 0.134. The van der Waals surface area contributed by atoms with Crippen LogP contribution >= 0.6 is 0 Å². The summed E-state index contributed by atoms with van der Waals surface area (Å²) >= 11 is 0. The number of hydrogen-bond donors (Lipinski definition) is 2. The Bertz CT molecular complexity index is 640. The van der Waals surface area contributed by atoms with Gasteiger partial charge >= 0.3 is 0 Å². The molecule has 0 spiro atoms. The molecule has 0 aliphatic rings. The van der Waals surface area contributed by atoms with Crippen molar-refractivity contribution in [3.05, 3.63) is 59.2 Å². The van der Waals surface area contributed by atoms with Crippen molar-refractivity contribution in [1.82, 2.24) is 0 Å². The summed E-state index contributed by atoms with van der Waals surface area (Å²) in [7, 11) is 1.53. The topological polar surface area (TPSA) is 81.8 Å². The van der Waals surface area contributed by atoms with Crippen LogP contribution in [0.4, 0.5) is 0 Å². The molecule has 0 fully saturated rings. The van der Waals surface area contributed by atoms with E-state index in [4.69, 9.17) is 20.3 Å². The van der Waals surface area contributed by atoms with Crippen molar-refractivity contribution in [3.8, 4) is 11.5 Å². The fraction of sp³-hybridized carbons (Fsp3) is 0.188. The first-order chi connectivity index (χ1) is 10.2. The molecule has 2 aromatic rings. The number of amides is 1. The van der Waals surface area contributed by atoms with Gasteiger partial charge in [0.1, 0.15) is 6.61 Å². The first kappa shape index (κ1) is 14.9. The van der Waals surface area contributed by atoms with E-state index in [1.54, 1.807) is 36.4 Å². The van der Waals surface area contributed by atoms with Crippen molar-refractivity contribution < 1.29 is 19.4 Å². The Kier molecular flexibility index (Phi) is 4.79. The molecular formula is C16H17NO4. The zero-order valence-corrected chi connectivity index (χ0v) is 11.7. The molecule has 0 saturated heterocycles. The molecule has 2 aromatic carbocycles. The third-order valence-corrected chi connectivity index (χ3v) is 3.08. The largest absolute Gasteiger partial charge is 0.493 e. The zero-order valence-electron chi connectivity index (χ0n) is 11.7. The summed E-state index contributed by atoms with van der Waals surface area (Å²) in [5.41, 5.74) is 7.20. The summed E-state index contributed by atoms with van der Waals surface area (Å²) in [5, 5.41) is 9.11. The molecule has 1 amide bonds. The fourth-order valence-corrected chi connectivity index (χ4v) is 1.97. The van der Waals surface area contributed by atoms with E-state index in [0.717, 1.165) is 5.56 Å². The van der Waals surface area contributed by atoms with E-state index in [1.165, 1.54) is 7.11 Å². The normalized spacial score (nSPS) is 10.2. The summed E-state index contributed by atoms with van der Waals surface area (Å²) < 4.78 is 10.9. The van der Waals surface area contributed by atoms with Gasteiger partial charge in [-0.1, -0.05) is 24.3 Å². The lowest BCUT2D eigenvalue weighted by Crippen LogP contribution is -2.14. The first-order valence-corrected chi connectivity index (χ1v) is 6.44. The molecule has 0 unspecified atom stereocenters. The molecule has 0 aliphatic heterocycles. The third-order valence-electron chi connectivity index (χ3n) is 3.08. The van der Waals surface area contributed by atoms with E-state index >= 15 is 0 Å². The van der Waals surface area contributed by atoms with E-state index in [2.05, 4.69) is 0 Å². The predicted octanol–water partition coefficient (Wildman–Crippen LogP) is 1.87. The Hall–Kier alpha value is -2.53. The summed E-state index contributed by atoms with van der Waals surface area (Å²) in [6.07, 6.45) is 0. The smallest absolute Gasteiger partial charge is 0.249 e. The molecule has 0 saturated carbocycles. The van der Waals surface area contributed by atoms with E-state index in [9.17, 15) is 4.79 Å². The molecule has 0 bridgehead atoms. The molecule has 0 heterocycles. The average molecular weight is 287 g/mol. The van der Waals surface area contributed by atoms with Crippen molar-refractivity contribution in [2.24, 2.45) is 5.73 Å². The van der Waals surface area contributed by atoms with E-state index in [-0.39, 0.29) is 13.2 Å². The Labute approximate surface area is 122 Å². The highest BCUT2D eigenvalue weighted by molar-refractivity contribution is 5.94. The summed E-state index contributed by atoms with van der Waals surface area (Å²) in [6, 6.07) is 12.2. The summed E-state index contributed by atoms with van der Waals surface area (Å²) in [4.78, 5) is 11.4. The second-order valence-corrected chi connectivity index (χ2v) is 4.45. The molecule has 5 nitrogen and oxygen atoms in total. The Balaban J connectivity index is 2.19. The van der Waals surface area contributed by atoms with Crippen LogP contribution in [0.15, 0.2) is 42.5 Å². The van der Waals surface area contributed by atoms with Gasteiger partial charge < -0.3 is 20.3 Å². The molecule has 0 radical (unpaired) electrons. The van der Waals surface area contributed by atoms with Crippen LogP contribution in [-0.2, 0) is 13.2 Å². The number of aliphatic hydroxyl groups is 1. The number of primary amides is 1. The number of ether oxygens (including phenoxy) is 2. The molecule has 0 aromatic heterocycles. The van der Waals surface area contributed by atoms with Gasteiger partial charge in [0.2, 0.25) is 5.91 Å². The maximum atomic E-state index is 11.4. The number of methoxy groups -OCH3 is 1. The van der Waals surface area contributed by atoms with Crippen LogP contribution in [0.25, 0.3) is 0 Å². The van der Waals surface area contributed by atoms with Gasteiger partial charge in [-0.2, -0.15) is 0 Å². The standard InChI is InChI=1S/C16H17NO4/c1-20-15-8-11(9-18)6-7-14(15)21-10-12-4-2-3-5-13(12)16(17)19/h2-8,18H,9-10H2,1H3,(H2,17,19). The molecule has 5 heteroatoms. The highest BCUT2D eigenvalue weighted by atomic mass is 16.5. The highest BCUT2D eigenvalue weighted by Gasteiger charge is 2.10. The Morgan fingerprint density at radius 3 is 2.62 bits per heavy atom. The van der Waals surface area contributed by atoms with Gasteiger partial charge in [0.15, 0.2) is 11.5 Å². The minimum atomic E-state index is -0.489. The number of carbonyl (C=O) groups is 1. The minimum absolute atomic E-state index is 0.0683. The first-order valence-electron chi connectivity index (χ1n) is 6.44. The quantitative estimate of drug-likeness (QED) is 0.849. The van der Waals surface area contributed by atoms with Crippen LogP contribution in [0.5, 0.6) is 11.5 Å². The van der Waals surface area contributed by atoms with E-state index in [1.807, 2.05) is 6.07 Å². The molecule has 0 atom stereocenters. The monoisotopic (exact) mass is 287 g/mol. The summed E-state index contributed by atoms with van der Waals surface area (Å²) in [5.74, 6) is 0.573. The highest BCUT2D eigenvalue weighted by Crippen LogP contribution is 2.29. The second kappa shape index (κ2) is 6.76. The fourth-order valence-electron chi connectivity index (χ4n) is 1.97. The lowest BCUT2D eigenvalue weighted by Gasteiger charge is -2.13.